The Morgan fingerprint density at radius 3 is 1.88 bits per heavy atom. The van der Waals surface area contributed by atoms with Gasteiger partial charge in [0.1, 0.15) is 5.75 Å². The third-order valence-electron chi connectivity index (χ3n) is 1.74. The molecule has 16 heavy (non-hydrogen) atoms. The quantitative estimate of drug-likeness (QED) is 0.824. The zero-order valence-electron chi connectivity index (χ0n) is 9.84. The maximum Gasteiger partial charge on any atom is 0.747 e. The van der Waals surface area contributed by atoms with E-state index in [0.717, 1.165) is 0 Å². The normalized spacial score (nSPS) is 9.88. The summed E-state index contributed by atoms with van der Waals surface area (Å²) in [7, 11) is -1.04. The number of benzene rings is 1. The topological polar surface area (TPSA) is 55.8 Å². The Bertz CT molecular complexity index is 295. The molecule has 0 aliphatic rings. The second-order valence-corrected chi connectivity index (χ2v) is 3.66. The van der Waals surface area contributed by atoms with Crippen LogP contribution in [0.2, 0.25) is 0 Å². The number of hydrogen-bond donors (Lipinski definition) is 1. The van der Waals surface area contributed by atoms with Crippen LogP contribution in [0.15, 0.2) is 24.3 Å². The second kappa shape index (κ2) is 9.13. The van der Waals surface area contributed by atoms with Crippen molar-refractivity contribution >= 4 is 8.25 Å². The summed E-state index contributed by atoms with van der Waals surface area (Å²) in [5.41, 5.74) is 0. The van der Waals surface area contributed by atoms with Gasteiger partial charge in [-0.15, -0.1) is 4.89 Å². The predicted molar refractivity (Wildman–Crippen MR) is 64.0 cm³/mol. The van der Waals surface area contributed by atoms with Crippen LogP contribution in [0.3, 0.4) is 0 Å². The summed E-state index contributed by atoms with van der Waals surface area (Å²) in [4.78, 5) is 8.39. The first kappa shape index (κ1) is 14.9. The molecule has 1 atom stereocenters. The van der Waals surface area contributed by atoms with Crippen molar-refractivity contribution in [3.05, 3.63) is 24.3 Å². The van der Waals surface area contributed by atoms with Gasteiger partial charge in [-0.2, -0.15) is 0 Å². The smallest absolute Gasteiger partial charge is 0.497 e. The van der Waals surface area contributed by atoms with Crippen LogP contribution in [0, 0.1) is 0 Å². The highest BCUT2D eigenvalue weighted by Gasteiger charge is 2.13. The number of methoxy groups -OCH3 is 1. The van der Waals surface area contributed by atoms with Crippen molar-refractivity contribution in [1.29, 1.82) is 0 Å². The molecule has 90 valence electrons. The number of unbranched alkanes of at least 4 members (excludes halogenated alkanes) is 1. The zero-order valence-corrected chi connectivity index (χ0v) is 10.7. The summed E-state index contributed by atoms with van der Waals surface area (Å²) < 4.78 is 19.6. The minimum atomic E-state index is -2.58. The van der Waals surface area contributed by atoms with E-state index in [0.29, 0.717) is 11.5 Å². The molecule has 0 aliphatic carbocycles. The van der Waals surface area contributed by atoms with E-state index in [1.54, 1.807) is 31.4 Å². The van der Waals surface area contributed by atoms with Gasteiger partial charge in [-0.05, 0) is 24.3 Å². The summed E-state index contributed by atoms with van der Waals surface area (Å²) in [5.74, 6) is 1.02. The molecule has 0 fully saturated rings. The third kappa shape index (κ3) is 7.21. The molecule has 0 aliphatic heterocycles. The van der Waals surface area contributed by atoms with E-state index < -0.39 is 8.25 Å². The van der Waals surface area contributed by atoms with Gasteiger partial charge in [0, 0.05) is 4.57 Å². The van der Waals surface area contributed by atoms with Gasteiger partial charge >= 0.3 is 8.25 Å². The number of ether oxygens (including phenoxy) is 1. The summed E-state index contributed by atoms with van der Waals surface area (Å²) in [6.45, 7) is 4.36. The lowest BCUT2D eigenvalue weighted by atomic mass is 10.3. The molecule has 1 aromatic carbocycles. The average molecular weight is 245 g/mol. The maximum atomic E-state index is 10.2. The average Bonchev–Trinajstić information content (AvgIpc) is 2.30. The SMILES string of the molecule is CCCC.COc1ccc(O[P+](=O)O)cc1. The largest absolute Gasteiger partial charge is 0.747 e. The molecule has 0 radical (unpaired) electrons. The number of hydrogen-bond acceptors (Lipinski definition) is 3. The van der Waals surface area contributed by atoms with Gasteiger partial charge in [0.25, 0.3) is 0 Å². The van der Waals surface area contributed by atoms with E-state index in [1.165, 1.54) is 12.8 Å². The first-order chi connectivity index (χ1) is 7.63. The molecule has 0 aromatic heterocycles. The van der Waals surface area contributed by atoms with Crippen molar-refractivity contribution in [1.82, 2.24) is 0 Å². The van der Waals surface area contributed by atoms with Crippen molar-refractivity contribution in [3.8, 4) is 11.5 Å². The Morgan fingerprint density at radius 2 is 1.56 bits per heavy atom. The minimum absolute atomic E-state index is 0.347. The van der Waals surface area contributed by atoms with Crippen LogP contribution >= 0.6 is 8.25 Å². The van der Waals surface area contributed by atoms with Crippen LogP contribution in [0.25, 0.3) is 0 Å². The van der Waals surface area contributed by atoms with Crippen molar-refractivity contribution < 1.29 is 18.7 Å². The molecule has 5 heteroatoms. The van der Waals surface area contributed by atoms with Gasteiger partial charge in [0.05, 0.1) is 7.11 Å². The molecule has 0 heterocycles. The zero-order chi connectivity index (χ0) is 12.4. The fourth-order valence-electron chi connectivity index (χ4n) is 0.727. The van der Waals surface area contributed by atoms with E-state index in [9.17, 15) is 4.57 Å². The molecule has 0 bridgehead atoms. The highest BCUT2D eigenvalue weighted by molar-refractivity contribution is 7.32. The molecule has 0 amide bonds. The lowest BCUT2D eigenvalue weighted by Crippen LogP contribution is -1.83. The van der Waals surface area contributed by atoms with Crippen LogP contribution in [-0.2, 0) is 4.57 Å². The highest BCUT2D eigenvalue weighted by Crippen LogP contribution is 2.24. The fourth-order valence-corrected chi connectivity index (χ4v) is 1.03. The highest BCUT2D eigenvalue weighted by atomic mass is 31.1. The Hall–Kier alpha value is -1.12. The fraction of sp³-hybridized carbons (Fsp3) is 0.455. The second-order valence-electron chi connectivity index (χ2n) is 3.00. The number of rotatable bonds is 4. The Kier molecular flexibility index (Phi) is 8.49. The molecule has 1 N–H and O–H groups in total. The molecule has 1 unspecified atom stereocenters. The van der Waals surface area contributed by atoms with Gasteiger partial charge < -0.3 is 4.74 Å². The van der Waals surface area contributed by atoms with Crippen LogP contribution in [-0.4, -0.2) is 12.0 Å². The van der Waals surface area contributed by atoms with Gasteiger partial charge in [0.2, 0.25) is 0 Å². The van der Waals surface area contributed by atoms with E-state index >= 15 is 0 Å². The first-order valence-electron chi connectivity index (χ1n) is 5.12. The van der Waals surface area contributed by atoms with Crippen molar-refractivity contribution in [3.63, 3.8) is 0 Å². The van der Waals surface area contributed by atoms with E-state index in [-0.39, 0.29) is 0 Å². The summed E-state index contributed by atoms with van der Waals surface area (Å²) >= 11 is 0. The van der Waals surface area contributed by atoms with Crippen LogP contribution in [0.4, 0.5) is 0 Å². The van der Waals surface area contributed by atoms with E-state index in [2.05, 4.69) is 18.4 Å². The third-order valence-corrected chi connectivity index (χ3v) is 2.11. The summed E-state index contributed by atoms with van der Waals surface area (Å²) in [5, 5.41) is 0. The molecule has 4 nitrogen and oxygen atoms in total. The van der Waals surface area contributed by atoms with Crippen molar-refractivity contribution in [2.75, 3.05) is 7.11 Å². The summed E-state index contributed by atoms with van der Waals surface area (Å²) in [6, 6.07) is 6.41. The summed E-state index contributed by atoms with van der Waals surface area (Å²) in [6.07, 6.45) is 2.64. The monoisotopic (exact) mass is 245 g/mol. The van der Waals surface area contributed by atoms with Gasteiger partial charge in [-0.1, -0.05) is 26.7 Å². The molecular formula is C11H18O4P+. The molecule has 1 rings (SSSR count). The molecule has 0 spiro atoms. The van der Waals surface area contributed by atoms with Crippen LogP contribution < -0.4 is 9.26 Å². The van der Waals surface area contributed by atoms with Gasteiger partial charge in [-0.3, -0.25) is 0 Å². The molecule has 1 aromatic rings. The molecule has 0 saturated carbocycles. The Labute approximate surface area is 97.2 Å². The first-order valence-corrected chi connectivity index (χ1v) is 6.25. The predicted octanol–water partition coefficient (Wildman–Crippen LogP) is 3.53. The van der Waals surface area contributed by atoms with Crippen molar-refractivity contribution in [2.45, 2.75) is 26.7 Å². The van der Waals surface area contributed by atoms with E-state index in [4.69, 9.17) is 9.63 Å². The minimum Gasteiger partial charge on any atom is -0.497 e. The van der Waals surface area contributed by atoms with Gasteiger partial charge in [0.15, 0.2) is 5.75 Å². The Balaban J connectivity index is 0.000000487. The lowest BCUT2D eigenvalue weighted by Gasteiger charge is -1.97. The lowest BCUT2D eigenvalue weighted by molar-refractivity contribution is 0.405. The van der Waals surface area contributed by atoms with E-state index in [1.807, 2.05) is 0 Å². The maximum absolute atomic E-state index is 10.2. The van der Waals surface area contributed by atoms with Crippen LogP contribution in [0.5, 0.6) is 11.5 Å². The van der Waals surface area contributed by atoms with Gasteiger partial charge in [-0.25, -0.2) is 4.52 Å². The Morgan fingerprint density at radius 1 is 1.12 bits per heavy atom. The standard InChI is InChI=1S/C7H7O4P.C4H10/c1-10-6-2-4-7(5-3-6)11-12(8)9;1-3-4-2/h2-5H,1H3;3-4H2,1-2H3/p+1. The van der Waals surface area contributed by atoms with Crippen LogP contribution in [0.1, 0.15) is 26.7 Å². The molecular weight excluding hydrogens is 227 g/mol. The molecule has 0 saturated heterocycles. The van der Waals surface area contributed by atoms with Crippen molar-refractivity contribution in [2.24, 2.45) is 0 Å².